The van der Waals surface area contributed by atoms with Crippen molar-refractivity contribution < 1.29 is 24.3 Å². The van der Waals surface area contributed by atoms with Gasteiger partial charge in [0.05, 0.1) is 36.1 Å². The van der Waals surface area contributed by atoms with Gasteiger partial charge in [0.25, 0.3) is 0 Å². The average Bonchev–Trinajstić information content (AvgIpc) is 2.53. The lowest BCUT2D eigenvalue weighted by atomic mass is 10.1. The third-order valence-corrected chi connectivity index (χ3v) is 3.43. The van der Waals surface area contributed by atoms with Gasteiger partial charge in [-0.25, -0.2) is 4.79 Å². The molecule has 0 radical (unpaired) electrons. The Balaban J connectivity index is 3.18. The minimum Gasteiger partial charge on any atom is -0.494 e. The van der Waals surface area contributed by atoms with Crippen molar-refractivity contribution in [3.63, 3.8) is 0 Å². The summed E-state index contributed by atoms with van der Waals surface area (Å²) in [6.45, 7) is 2.07. The predicted octanol–water partition coefficient (Wildman–Crippen LogP) is 1.65. The molecule has 2 aromatic rings. The Morgan fingerprint density at radius 3 is 2.48 bits per heavy atom. The molecule has 1 aromatic heterocycles. The third kappa shape index (κ3) is 2.45. The number of aromatic nitrogens is 1. The number of rotatable bonds is 5. The van der Waals surface area contributed by atoms with Crippen LogP contribution in [-0.2, 0) is 6.54 Å². The summed E-state index contributed by atoms with van der Waals surface area (Å²) in [7, 11) is 2.48. The van der Waals surface area contributed by atoms with E-state index in [0.717, 1.165) is 6.07 Å². The molecule has 1 heterocycles. The highest BCUT2D eigenvalue weighted by molar-refractivity contribution is 5.99. The van der Waals surface area contributed by atoms with Gasteiger partial charge in [0, 0.05) is 12.7 Å². The smallest absolute Gasteiger partial charge is 0.341 e. The number of aromatic carboxylic acids is 1. The van der Waals surface area contributed by atoms with Crippen LogP contribution < -0.4 is 14.9 Å². The molecular formula is C14H14N2O7. The third-order valence-electron chi connectivity index (χ3n) is 3.43. The lowest BCUT2D eigenvalue weighted by Gasteiger charge is -2.15. The summed E-state index contributed by atoms with van der Waals surface area (Å²) in [5, 5.41) is 20.2. The Labute approximate surface area is 129 Å². The summed E-state index contributed by atoms with van der Waals surface area (Å²) in [4.78, 5) is 34.3. The van der Waals surface area contributed by atoms with Crippen molar-refractivity contribution in [3.8, 4) is 11.5 Å². The number of nitrogens with zero attached hydrogens (tertiary/aromatic N) is 2. The normalized spacial score (nSPS) is 10.6. The second-order valence-corrected chi connectivity index (χ2v) is 4.57. The number of aryl methyl sites for hydroxylation is 1. The van der Waals surface area contributed by atoms with Crippen molar-refractivity contribution in [2.75, 3.05) is 14.2 Å². The first-order valence-corrected chi connectivity index (χ1v) is 6.57. The summed E-state index contributed by atoms with van der Waals surface area (Å²) in [5.74, 6) is -1.63. The number of carboxylic acid groups (broad SMARTS) is 1. The van der Waals surface area contributed by atoms with E-state index in [9.17, 15) is 24.8 Å². The summed E-state index contributed by atoms with van der Waals surface area (Å²) >= 11 is 0. The second-order valence-electron chi connectivity index (χ2n) is 4.57. The molecule has 2 rings (SSSR count). The molecule has 1 aromatic carbocycles. The van der Waals surface area contributed by atoms with Gasteiger partial charge in [-0.15, -0.1) is 0 Å². The Bertz CT molecular complexity index is 860. The Kier molecular flexibility index (Phi) is 4.21. The van der Waals surface area contributed by atoms with Crippen molar-refractivity contribution in [1.29, 1.82) is 0 Å². The van der Waals surface area contributed by atoms with E-state index in [2.05, 4.69) is 0 Å². The highest BCUT2D eigenvalue weighted by Gasteiger charge is 2.27. The van der Waals surface area contributed by atoms with Crippen molar-refractivity contribution in [2.45, 2.75) is 13.5 Å². The number of hydrogen-bond acceptors (Lipinski definition) is 6. The molecule has 0 aliphatic rings. The van der Waals surface area contributed by atoms with Gasteiger partial charge in [-0.1, -0.05) is 0 Å². The number of pyridine rings is 1. The van der Waals surface area contributed by atoms with Gasteiger partial charge in [-0.3, -0.25) is 14.9 Å². The zero-order chi connectivity index (χ0) is 17.3. The van der Waals surface area contributed by atoms with Crippen LogP contribution >= 0.6 is 0 Å². The quantitative estimate of drug-likeness (QED) is 0.656. The Morgan fingerprint density at radius 1 is 1.39 bits per heavy atom. The van der Waals surface area contributed by atoms with E-state index in [4.69, 9.17) is 9.47 Å². The van der Waals surface area contributed by atoms with E-state index >= 15 is 0 Å². The SMILES string of the molecule is CCn1cc(C(=O)O)c(=O)c2c(OC)c([N+](=O)[O-])cc(OC)c21. The van der Waals surface area contributed by atoms with Crippen LogP contribution in [-0.4, -0.2) is 34.8 Å². The number of benzene rings is 1. The molecule has 0 aliphatic carbocycles. The lowest BCUT2D eigenvalue weighted by Crippen LogP contribution is -2.20. The van der Waals surface area contributed by atoms with Gasteiger partial charge in [0.2, 0.25) is 11.2 Å². The molecular weight excluding hydrogens is 308 g/mol. The van der Waals surface area contributed by atoms with E-state index in [1.165, 1.54) is 25.0 Å². The van der Waals surface area contributed by atoms with Gasteiger partial charge >= 0.3 is 11.7 Å². The Morgan fingerprint density at radius 2 is 2.04 bits per heavy atom. The molecule has 0 saturated heterocycles. The van der Waals surface area contributed by atoms with E-state index in [-0.39, 0.29) is 22.4 Å². The fourth-order valence-electron chi connectivity index (χ4n) is 2.43. The first-order valence-electron chi connectivity index (χ1n) is 6.57. The number of carbonyl (C=O) groups is 1. The average molecular weight is 322 g/mol. The largest absolute Gasteiger partial charge is 0.494 e. The maximum atomic E-state index is 12.5. The Hall–Kier alpha value is -3.10. The highest BCUT2D eigenvalue weighted by Crippen LogP contribution is 2.39. The molecule has 0 unspecified atom stereocenters. The van der Waals surface area contributed by atoms with Gasteiger partial charge in [-0.2, -0.15) is 0 Å². The molecule has 0 spiro atoms. The van der Waals surface area contributed by atoms with Crippen LogP contribution in [0.1, 0.15) is 17.3 Å². The van der Waals surface area contributed by atoms with E-state index in [0.29, 0.717) is 6.54 Å². The van der Waals surface area contributed by atoms with Crippen molar-refractivity contribution in [2.24, 2.45) is 0 Å². The molecule has 1 N–H and O–H groups in total. The fraction of sp³-hybridized carbons (Fsp3) is 0.286. The maximum Gasteiger partial charge on any atom is 0.341 e. The lowest BCUT2D eigenvalue weighted by molar-refractivity contribution is -0.385. The van der Waals surface area contributed by atoms with Gasteiger partial charge in [-0.05, 0) is 6.92 Å². The molecule has 9 heteroatoms. The van der Waals surface area contributed by atoms with Crippen molar-refractivity contribution in [3.05, 3.63) is 38.2 Å². The zero-order valence-corrected chi connectivity index (χ0v) is 12.7. The summed E-state index contributed by atoms with van der Waals surface area (Å²) in [5.41, 5.74) is -1.59. The first-order chi connectivity index (χ1) is 10.9. The number of nitro benzene ring substituents is 1. The molecule has 0 amide bonds. The first kappa shape index (κ1) is 16.3. The van der Waals surface area contributed by atoms with Gasteiger partial charge < -0.3 is 19.1 Å². The van der Waals surface area contributed by atoms with Crippen LogP contribution in [0.4, 0.5) is 5.69 Å². The van der Waals surface area contributed by atoms with E-state index < -0.39 is 27.6 Å². The van der Waals surface area contributed by atoms with Crippen LogP contribution in [0, 0.1) is 10.1 Å². The van der Waals surface area contributed by atoms with Crippen molar-refractivity contribution >= 4 is 22.6 Å². The van der Waals surface area contributed by atoms with E-state index in [1.807, 2.05) is 0 Å². The predicted molar refractivity (Wildman–Crippen MR) is 80.6 cm³/mol. The van der Waals surface area contributed by atoms with E-state index in [1.54, 1.807) is 6.92 Å². The van der Waals surface area contributed by atoms with Crippen LogP contribution in [0.15, 0.2) is 17.1 Å². The van der Waals surface area contributed by atoms with Gasteiger partial charge in [0.15, 0.2) is 0 Å². The van der Waals surface area contributed by atoms with Gasteiger partial charge in [0.1, 0.15) is 11.3 Å². The topological polar surface area (TPSA) is 121 Å². The molecule has 122 valence electrons. The monoisotopic (exact) mass is 322 g/mol. The molecule has 0 fully saturated rings. The van der Waals surface area contributed by atoms with Crippen molar-refractivity contribution in [1.82, 2.24) is 4.57 Å². The minimum atomic E-state index is -1.42. The molecule has 0 saturated carbocycles. The molecule has 0 bridgehead atoms. The van der Waals surface area contributed by atoms with Crippen LogP contribution in [0.2, 0.25) is 0 Å². The van der Waals surface area contributed by atoms with Crippen LogP contribution in [0.3, 0.4) is 0 Å². The number of ether oxygens (including phenoxy) is 2. The number of methoxy groups -OCH3 is 2. The zero-order valence-electron chi connectivity index (χ0n) is 12.7. The maximum absolute atomic E-state index is 12.5. The fourth-order valence-corrected chi connectivity index (χ4v) is 2.43. The van der Waals surface area contributed by atoms with Crippen LogP contribution in [0.25, 0.3) is 10.9 Å². The molecule has 9 nitrogen and oxygen atoms in total. The minimum absolute atomic E-state index is 0.0865. The molecule has 0 aliphatic heterocycles. The molecule has 0 atom stereocenters. The number of carboxylic acids is 1. The highest BCUT2D eigenvalue weighted by atomic mass is 16.6. The second kappa shape index (κ2) is 5.95. The summed E-state index contributed by atoms with van der Waals surface area (Å²) in [6.07, 6.45) is 1.18. The molecule has 23 heavy (non-hydrogen) atoms. The summed E-state index contributed by atoms with van der Waals surface area (Å²) in [6, 6.07) is 1.15. The standard InChI is InChI=1S/C14H14N2O7/c1-4-15-6-7(14(18)19)12(17)10-11(15)9(22-2)5-8(16(20)21)13(10)23-3/h5-6H,4H2,1-3H3,(H,18,19). The number of hydrogen-bond donors (Lipinski definition) is 1. The summed E-state index contributed by atoms with van der Waals surface area (Å²) < 4.78 is 11.7. The number of nitro groups is 1. The number of fused-ring (bicyclic) bond motifs is 1. The van der Waals surface area contributed by atoms with Crippen LogP contribution in [0.5, 0.6) is 11.5 Å².